The molecule has 2 rings (SSSR count). The fourth-order valence-corrected chi connectivity index (χ4v) is 1.68. The average molecular weight is 266 g/mol. The van der Waals surface area contributed by atoms with Crippen LogP contribution < -0.4 is 5.73 Å². The summed E-state index contributed by atoms with van der Waals surface area (Å²) in [6.45, 7) is 0.285. The van der Waals surface area contributed by atoms with E-state index >= 15 is 0 Å². The lowest BCUT2D eigenvalue weighted by atomic mass is 10.1. The van der Waals surface area contributed by atoms with Gasteiger partial charge in [-0.25, -0.2) is 8.78 Å². The van der Waals surface area contributed by atoms with Crippen LogP contribution in [-0.4, -0.2) is 17.9 Å². The summed E-state index contributed by atoms with van der Waals surface area (Å²) in [4.78, 5) is 13.4. The van der Waals surface area contributed by atoms with E-state index in [2.05, 4.69) is 0 Å². The Labute approximate surface area is 108 Å². The molecule has 0 radical (unpaired) electrons. The van der Waals surface area contributed by atoms with Crippen LogP contribution in [0.15, 0.2) is 35.1 Å². The summed E-state index contributed by atoms with van der Waals surface area (Å²) in [5, 5.41) is 0. The molecule has 0 saturated carbocycles. The predicted octanol–water partition coefficient (Wildman–Crippen LogP) is 2.41. The van der Waals surface area contributed by atoms with Crippen LogP contribution in [0.2, 0.25) is 0 Å². The van der Waals surface area contributed by atoms with Gasteiger partial charge in [0, 0.05) is 30.9 Å². The van der Waals surface area contributed by atoms with Crippen LogP contribution in [0.4, 0.5) is 14.5 Å². The van der Waals surface area contributed by atoms with Crippen molar-refractivity contribution >= 4 is 11.6 Å². The highest BCUT2D eigenvalue weighted by Gasteiger charge is 2.18. The SMILES string of the molecule is CN(Cc1ccoc1)C(=O)c1cc(F)c(F)cc1N. The number of amides is 1. The first-order valence-corrected chi connectivity index (χ1v) is 5.50. The molecule has 0 atom stereocenters. The number of hydrogen-bond donors (Lipinski definition) is 1. The molecule has 0 aliphatic carbocycles. The Morgan fingerprint density at radius 1 is 1.37 bits per heavy atom. The van der Waals surface area contributed by atoms with Gasteiger partial charge in [-0.1, -0.05) is 0 Å². The van der Waals surface area contributed by atoms with E-state index in [0.717, 1.165) is 17.7 Å². The fourth-order valence-electron chi connectivity index (χ4n) is 1.68. The van der Waals surface area contributed by atoms with E-state index in [1.807, 2.05) is 0 Å². The van der Waals surface area contributed by atoms with Gasteiger partial charge in [0.2, 0.25) is 0 Å². The van der Waals surface area contributed by atoms with Gasteiger partial charge in [-0.15, -0.1) is 0 Å². The molecule has 6 heteroatoms. The lowest BCUT2D eigenvalue weighted by Crippen LogP contribution is -2.27. The second kappa shape index (κ2) is 5.09. The molecule has 0 saturated heterocycles. The Morgan fingerprint density at radius 3 is 2.68 bits per heavy atom. The summed E-state index contributed by atoms with van der Waals surface area (Å²) in [5.74, 6) is -2.67. The maximum Gasteiger partial charge on any atom is 0.256 e. The van der Waals surface area contributed by atoms with E-state index in [1.165, 1.54) is 24.5 Å². The number of nitrogens with zero attached hydrogens (tertiary/aromatic N) is 1. The predicted molar refractivity (Wildman–Crippen MR) is 65.3 cm³/mol. The monoisotopic (exact) mass is 266 g/mol. The smallest absolute Gasteiger partial charge is 0.256 e. The molecule has 0 bridgehead atoms. The second-order valence-corrected chi connectivity index (χ2v) is 4.15. The van der Waals surface area contributed by atoms with Crippen molar-refractivity contribution in [2.75, 3.05) is 12.8 Å². The molecule has 2 aromatic rings. The molecule has 100 valence electrons. The number of benzene rings is 1. The van der Waals surface area contributed by atoms with Crippen molar-refractivity contribution in [3.63, 3.8) is 0 Å². The van der Waals surface area contributed by atoms with Crippen LogP contribution in [-0.2, 0) is 6.54 Å². The van der Waals surface area contributed by atoms with E-state index in [-0.39, 0.29) is 17.8 Å². The van der Waals surface area contributed by atoms with Gasteiger partial charge in [0.15, 0.2) is 11.6 Å². The van der Waals surface area contributed by atoms with Crippen molar-refractivity contribution in [2.45, 2.75) is 6.54 Å². The highest BCUT2D eigenvalue weighted by Crippen LogP contribution is 2.19. The normalized spacial score (nSPS) is 10.5. The molecule has 1 aromatic heterocycles. The first-order chi connectivity index (χ1) is 8.99. The molecule has 1 heterocycles. The zero-order chi connectivity index (χ0) is 14.0. The lowest BCUT2D eigenvalue weighted by molar-refractivity contribution is 0.0785. The van der Waals surface area contributed by atoms with E-state index in [1.54, 1.807) is 6.07 Å². The van der Waals surface area contributed by atoms with E-state index < -0.39 is 17.5 Å². The first-order valence-electron chi connectivity index (χ1n) is 5.50. The van der Waals surface area contributed by atoms with Gasteiger partial charge in [-0.2, -0.15) is 0 Å². The number of nitrogen functional groups attached to an aromatic ring is 1. The molecule has 0 fully saturated rings. The molecule has 0 unspecified atom stereocenters. The fraction of sp³-hybridized carbons (Fsp3) is 0.154. The Hall–Kier alpha value is -2.37. The molecule has 4 nitrogen and oxygen atoms in total. The lowest BCUT2D eigenvalue weighted by Gasteiger charge is -2.17. The Bertz CT molecular complexity index is 597. The highest BCUT2D eigenvalue weighted by atomic mass is 19.2. The van der Waals surface area contributed by atoms with Crippen LogP contribution in [0.25, 0.3) is 0 Å². The molecule has 0 aliphatic heterocycles. The van der Waals surface area contributed by atoms with Crippen molar-refractivity contribution in [3.8, 4) is 0 Å². The van der Waals surface area contributed by atoms with Gasteiger partial charge >= 0.3 is 0 Å². The molecule has 0 spiro atoms. The minimum absolute atomic E-state index is 0.0649. The molecule has 2 N–H and O–H groups in total. The number of furan rings is 1. The maximum absolute atomic E-state index is 13.1. The number of anilines is 1. The summed E-state index contributed by atoms with van der Waals surface area (Å²) < 4.78 is 31.0. The van der Waals surface area contributed by atoms with Crippen molar-refractivity contribution < 1.29 is 18.0 Å². The summed E-state index contributed by atoms with van der Waals surface area (Å²) >= 11 is 0. The number of carbonyl (C=O) groups is 1. The van der Waals surface area contributed by atoms with Crippen molar-refractivity contribution in [1.82, 2.24) is 4.90 Å². The number of halogens is 2. The van der Waals surface area contributed by atoms with E-state index in [0.29, 0.717) is 0 Å². The van der Waals surface area contributed by atoms with Crippen LogP contribution in [0, 0.1) is 11.6 Å². The van der Waals surface area contributed by atoms with Crippen LogP contribution in [0.5, 0.6) is 0 Å². The van der Waals surface area contributed by atoms with Gasteiger partial charge in [0.05, 0.1) is 18.1 Å². The molecule has 0 aliphatic rings. The topological polar surface area (TPSA) is 59.5 Å². The van der Waals surface area contributed by atoms with E-state index in [4.69, 9.17) is 10.2 Å². The third-order valence-corrected chi connectivity index (χ3v) is 2.67. The first kappa shape index (κ1) is 13.1. The standard InChI is InChI=1S/C13H12F2N2O2/c1-17(6-8-2-3-19-7-8)13(18)9-4-10(14)11(15)5-12(9)16/h2-5,7H,6,16H2,1H3. The number of carbonyl (C=O) groups excluding carboxylic acids is 1. The molecular formula is C13H12F2N2O2. The zero-order valence-electron chi connectivity index (χ0n) is 10.2. The number of rotatable bonds is 3. The van der Waals surface area contributed by atoms with Gasteiger partial charge in [0.25, 0.3) is 5.91 Å². The Kier molecular flexibility index (Phi) is 3.50. The third-order valence-electron chi connectivity index (χ3n) is 2.67. The van der Waals surface area contributed by atoms with Gasteiger partial charge in [0.1, 0.15) is 0 Å². The minimum Gasteiger partial charge on any atom is -0.472 e. The quantitative estimate of drug-likeness (QED) is 0.868. The Morgan fingerprint density at radius 2 is 2.05 bits per heavy atom. The van der Waals surface area contributed by atoms with Gasteiger partial charge < -0.3 is 15.1 Å². The molecule has 1 aromatic carbocycles. The van der Waals surface area contributed by atoms with Crippen LogP contribution in [0.3, 0.4) is 0 Å². The molecule has 1 amide bonds. The summed E-state index contributed by atoms with van der Waals surface area (Å²) in [7, 11) is 1.54. The van der Waals surface area contributed by atoms with Gasteiger partial charge in [-0.3, -0.25) is 4.79 Å². The van der Waals surface area contributed by atoms with E-state index in [9.17, 15) is 13.6 Å². The number of hydrogen-bond acceptors (Lipinski definition) is 3. The van der Waals surface area contributed by atoms with Crippen molar-refractivity contribution in [3.05, 3.63) is 53.5 Å². The van der Waals surface area contributed by atoms with Gasteiger partial charge in [-0.05, 0) is 12.1 Å². The van der Waals surface area contributed by atoms with Crippen LogP contribution in [0.1, 0.15) is 15.9 Å². The second-order valence-electron chi connectivity index (χ2n) is 4.15. The highest BCUT2D eigenvalue weighted by molar-refractivity contribution is 5.98. The number of nitrogens with two attached hydrogens (primary N) is 1. The minimum atomic E-state index is -1.10. The van der Waals surface area contributed by atoms with Crippen LogP contribution >= 0.6 is 0 Å². The largest absolute Gasteiger partial charge is 0.472 e. The third kappa shape index (κ3) is 2.73. The summed E-state index contributed by atoms with van der Waals surface area (Å²) in [5.41, 5.74) is 6.16. The van der Waals surface area contributed by atoms with Crippen molar-refractivity contribution in [1.29, 1.82) is 0 Å². The maximum atomic E-state index is 13.1. The van der Waals surface area contributed by atoms with Crippen molar-refractivity contribution in [2.24, 2.45) is 0 Å². The summed E-state index contributed by atoms with van der Waals surface area (Å²) in [6, 6.07) is 3.31. The zero-order valence-corrected chi connectivity index (χ0v) is 10.2. The summed E-state index contributed by atoms with van der Waals surface area (Å²) in [6.07, 6.45) is 2.98. The Balaban J connectivity index is 2.21. The molecule has 19 heavy (non-hydrogen) atoms. The average Bonchev–Trinajstić information content (AvgIpc) is 2.85. The molecular weight excluding hydrogens is 254 g/mol.